The van der Waals surface area contributed by atoms with Crippen molar-refractivity contribution in [1.29, 1.82) is 0 Å². The largest absolute Gasteiger partial charge is 0.374 e. The number of hydrogen-bond donors (Lipinski definition) is 1. The zero-order valence-corrected chi connectivity index (χ0v) is 12.7. The summed E-state index contributed by atoms with van der Waals surface area (Å²) in [6, 6.07) is 0. The van der Waals surface area contributed by atoms with E-state index in [0.717, 1.165) is 32.4 Å². The Labute approximate surface area is 116 Å². The molecule has 0 aliphatic heterocycles. The lowest BCUT2D eigenvalue weighted by Crippen LogP contribution is -1.96. The van der Waals surface area contributed by atoms with Gasteiger partial charge in [0.1, 0.15) is 0 Å². The maximum absolute atomic E-state index is 5.54. The molecule has 17 heavy (non-hydrogen) atoms. The Morgan fingerprint density at radius 1 is 1.47 bits per heavy atom. The van der Waals surface area contributed by atoms with Crippen LogP contribution < -0.4 is 5.73 Å². The first-order valence-corrected chi connectivity index (χ1v) is 7.63. The fraction of sp³-hybridized carbons (Fsp3) is 0.444. The fourth-order valence-corrected chi connectivity index (χ4v) is 4.03. The van der Waals surface area contributed by atoms with Crippen LogP contribution in [0.3, 0.4) is 0 Å². The highest BCUT2D eigenvalue weighted by Gasteiger charge is 2.13. The Hall–Kier alpha value is -0.600. The van der Waals surface area contributed by atoms with Crippen LogP contribution >= 0.6 is 39.0 Å². The highest BCUT2D eigenvalue weighted by atomic mass is 79.9. The quantitative estimate of drug-likeness (QED) is 0.870. The molecule has 0 amide bonds. The number of hydrogen-bond acceptors (Lipinski definition) is 6. The number of aryl methyl sites for hydroxylation is 2. The molecule has 0 aliphatic rings. The number of anilines is 1. The molecule has 2 heterocycles. The number of halogens is 1. The standard InChI is InChI=1S/C9H12BrN5S2/c1-3-5-7(10)6(15(2)14-5)4-16-9-13-12-8(11)17-9/h3-4H2,1-2H3,(H2,11,12). The van der Waals surface area contributed by atoms with Crippen LogP contribution in [0.5, 0.6) is 0 Å². The number of thioether (sulfide) groups is 1. The van der Waals surface area contributed by atoms with Crippen molar-refractivity contribution in [3.05, 3.63) is 15.9 Å². The Morgan fingerprint density at radius 2 is 2.24 bits per heavy atom. The molecular weight excluding hydrogens is 322 g/mol. The monoisotopic (exact) mass is 333 g/mol. The van der Waals surface area contributed by atoms with E-state index in [9.17, 15) is 0 Å². The molecule has 2 aromatic rings. The van der Waals surface area contributed by atoms with E-state index in [1.165, 1.54) is 11.3 Å². The molecular formula is C9H12BrN5S2. The average molecular weight is 334 g/mol. The van der Waals surface area contributed by atoms with Crippen molar-refractivity contribution < 1.29 is 0 Å². The van der Waals surface area contributed by atoms with Crippen molar-refractivity contribution in [1.82, 2.24) is 20.0 Å². The maximum atomic E-state index is 5.54. The molecule has 0 bridgehead atoms. The first kappa shape index (κ1) is 12.8. The zero-order valence-electron chi connectivity index (χ0n) is 9.47. The molecule has 0 fully saturated rings. The van der Waals surface area contributed by atoms with Gasteiger partial charge in [0.05, 0.1) is 15.9 Å². The van der Waals surface area contributed by atoms with Crippen LogP contribution in [0, 0.1) is 0 Å². The van der Waals surface area contributed by atoms with Crippen LogP contribution in [-0.4, -0.2) is 20.0 Å². The van der Waals surface area contributed by atoms with E-state index in [2.05, 4.69) is 38.1 Å². The Kier molecular flexibility index (Phi) is 4.05. The van der Waals surface area contributed by atoms with Gasteiger partial charge in [0.25, 0.3) is 0 Å². The Bertz CT molecular complexity index is 521. The van der Waals surface area contributed by atoms with Crippen molar-refractivity contribution in [3.8, 4) is 0 Å². The summed E-state index contributed by atoms with van der Waals surface area (Å²) < 4.78 is 3.88. The second-order valence-electron chi connectivity index (χ2n) is 3.38. The minimum Gasteiger partial charge on any atom is -0.374 e. The van der Waals surface area contributed by atoms with Gasteiger partial charge in [0, 0.05) is 12.8 Å². The van der Waals surface area contributed by atoms with Gasteiger partial charge in [0.2, 0.25) is 5.13 Å². The first-order valence-electron chi connectivity index (χ1n) is 5.03. The van der Waals surface area contributed by atoms with E-state index in [1.54, 1.807) is 11.8 Å². The predicted octanol–water partition coefficient (Wildman–Crippen LogP) is 2.47. The van der Waals surface area contributed by atoms with E-state index < -0.39 is 0 Å². The molecule has 8 heteroatoms. The van der Waals surface area contributed by atoms with Gasteiger partial charge in [-0.3, -0.25) is 4.68 Å². The van der Waals surface area contributed by atoms with Gasteiger partial charge in [-0.15, -0.1) is 10.2 Å². The molecule has 0 aliphatic carbocycles. The van der Waals surface area contributed by atoms with Gasteiger partial charge in [-0.05, 0) is 22.4 Å². The van der Waals surface area contributed by atoms with Crippen molar-refractivity contribution in [2.45, 2.75) is 23.4 Å². The summed E-state index contributed by atoms with van der Waals surface area (Å²) in [5.41, 5.74) is 7.77. The van der Waals surface area contributed by atoms with E-state index in [4.69, 9.17) is 5.73 Å². The molecule has 0 aromatic carbocycles. The average Bonchev–Trinajstić information content (AvgIpc) is 2.82. The molecule has 2 rings (SSSR count). The molecule has 92 valence electrons. The Morgan fingerprint density at radius 3 is 2.76 bits per heavy atom. The SMILES string of the molecule is CCc1nn(C)c(CSc2nnc(N)s2)c1Br. The lowest BCUT2D eigenvalue weighted by Gasteiger charge is -2.00. The van der Waals surface area contributed by atoms with Crippen molar-refractivity contribution in [2.75, 3.05) is 5.73 Å². The van der Waals surface area contributed by atoms with Gasteiger partial charge < -0.3 is 5.73 Å². The topological polar surface area (TPSA) is 69.6 Å². The summed E-state index contributed by atoms with van der Waals surface area (Å²) in [4.78, 5) is 0. The molecule has 2 aromatic heterocycles. The van der Waals surface area contributed by atoms with Crippen LogP contribution in [-0.2, 0) is 19.2 Å². The van der Waals surface area contributed by atoms with Gasteiger partial charge in [0.15, 0.2) is 4.34 Å². The number of nitrogen functional groups attached to an aromatic ring is 1. The number of nitrogens with zero attached hydrogens (tertiary/aromatic N) is 4. The van der Waals surface area contributed by atoms with E-state index in [-0.39, 0.29) is 0 Å². The second kappa shape index (κ2) is 5.36. The van der Waals surface area contributed by atoms with Crippen LogP contribution in [0.1, 0.15) is 18.3 Å². The fourth-order valence-electron chi connectivity index (χ4n) is 1.39. The van der Waals surface area contributed by atoms with Gasteiger partial charge >= 0.3 is 0 Å². The molecule has 0 saturated carbocycles. The highest BCUT2D eigenvalue weighted by Crippen LogP contribution is 2.30. The maximum Gasteiger partial charge on any atom is 0.203 e. The van der Waals surface area contributed by atoms with Crippen LogP contribution in [0.15, 0.2) is 8.81 Å². The highest BCUT2D eigenvalue weighted by molar-refractivity contribution is 9.10. The molecule has 0 unspecified atom stereocenters. The molecule has 5 nitrogen and oxygen atoms in total. The number of rotatable bonds is 4. The number of aromatic nitrogens is 4. The van der Waals surface area contributed by atoms with Gasteiger partial charge in [-0.25, -0.2) is 0 Å². The third kappa shape index (κ3) is 2.80. The van der Waals surface area contributed by atoms with E-state index in [1.807, 2.05) is 11.7 Å². The molecule has 0 saturated heterocycles. The third-order valence-corrected chi connectivity index (χ3v) is 5.07. The normalized spacial score (nSPS) is 11.0. The van der Waals surface area contributed by atoms with Crippen molar-refractivity contribution in [3.63, 3.8) is 0 Å². The molecule has 0 radical (unpaired) electrons. The van der Waals surface area contributed by atoms with Gasteiger partial charge in [-0.2, -0.15) is 5.10 Å². The third-order valence-electron chi connectivity index (χ3n) is 2.26. The van der Waals surface area contributed by atoms with Crippen LogP contribution in [0.4, 0.5) is 5.13 Å². The summed E-state index contributed by atoms with van der Waals surface area (Å²) in [5, 5.41) is 12.7. The summed E-state index contributed by atoms with van der Waals surface area (Å²) in [7, 11) is 1.95. The first-order chi connectivity index (χ1) is 8.11. The predicted molar refractivity (Wildman–Crippen MR) is 74.2 cm³/mol. The van der Waals surface area contributed by atoms with Crippen molar-refractivity contribution in [2.24, 2.45) is 7.05 Å². The second-order valence-corrected chi connectivity index (χ2v) is 6.40. The Balaban J connectivity index is 2.11. The molecule has 0 atom stereocenters. The van der Waals surface area contributed by atoms with Crippen LogP contribution in [0.25, 0.3) is 0 Å². The van der Waals surface area contributed by atoms with E-state index in [0.29, 0.717) is 5.13 Å². The van der Waals surface area contributed by atoms with E-state index >= 15 is 0 Å². The minimum absolute atomic E-state index is 0.505. The smallest absolute Gasteiger partial charge is 0.203 e. The summed E-state index contributed by atoms with van der Waals surface area (Å²) >= 11 is 6.61. The van der Waals surface area contributed by atoms with Crippen molar-refractivity contribution >= 4 is 44.2 Å². The lowest BCUT2D eigenvalue weighted by atomic mass is 10.3. The van der Waals surface area contributed by atoms with Gasteiger partial charge in [-0.1, -0.05) is 30.0 Å². The summed E-state index contributed by atoms with van der Waals surface area (Å²) in [6.07, 6.45) is 0.921. The van der Waals surface area contributed by atoms with Crippen LogP contribution in [0.2, 0.25) is 0 Å². The molecule has 0 spiro atoms. The lowest BCUT2D eigenvalue weighted by molar-refractivity contribution is 0.719. The molecule has 2 N–H and O–H groups in total. The summed E-state index contributed by atoms with van der Waals surface area (Å²) in [6.45, 7) is 2.09. The summed E-state index contributed by atoms with van der Waals surface area (Å²) in [5.74, 6) is 0.804. The number of nitrogens with two attached hydrogens (primary N) is 1. The zero-order chi connectivity index (χ0) is 12.4. The minimum atomic E-state index is 0.505.